The van der Waals surface area contributed by atoms with Crippen LogP contribution in [0.2, 0.25) is 0 Å². The second kappa shape index (κ2) is 13.2. The highest BCUT2D eigenvalue weighted by Gasteiger charge is 2.34. The Hall–Kier alpha value is -2.68. The van der Waals surface area contributed by atoms with Crippen LogP contribution >= 0.6 is 24.0 Å². The van der Waals surface area contributed by atoms with Crippen molar-refractivity contribution >= 4 is 52.1 Å². The van der Waals surface area contributed by atoms with E-state index in [1.54, 1.807) is 31.6 Å². The fourth-order valence-electron chi connectivity index (χ4n) is 4.64. The van der Waals surface area contributed by atoms with Gasteiger partial charge in [0, 0.05) is 32.3 Å². The van der Waals surface area contributed by atoms with Gasteiger partial charge in [-0.05, 0) is 44.7 Å². The van der Waals surface area contributed by atoms with E-state index in [4.69, 9.17) is 21.7 Å². The van der Waals surface area contributed by atoms with Gasteiger partial charge in [-0.15, -0.1) is 0 Å². The Morgan fingerprint density at radius 2 is 2.05 bits per heavy atom. The van der Waals surface area contributed by atoms with E-state index in [9.17, 15) is 19.6 Å². The van der Waals surface area contributed by atoms with Gasteiger partial charge in [-0.1, -0.05) is 37.3 Å². The number of carbonyl (C=O) groups is 2. The average Bonchev–Trinajstić information content (AvgIpc) is 3.15. The fraction of sp³-hybridized carbons (Fsp3) is 0.577. The molecule has 37 heavy (non-hydrogen) atoms. The molecule has 3 rings (SSSR count). The molecule has 0 radical (unpaired) electrons. The zero-order valence-corrected chi connectivity index (χ0v) is 23.5. The van der Waals surface area contributed by atoms with Crippen molar-refractivity contribution in [3.8, 4) is 6.07 Å². The van der Waals surface area contributed by atoms with Crippen LogP contribution in [0.25, 0.3) is 6.08 Å². The van der Waals surface area contributed by atoms with Gasteiger partial charge in [0.1, 0.15) is 21.8 Å². The molecule has 0 aliphatic carbocycles. The van der Waals surface area contributed by atoms with Crippen LogP contribution in [-0.4, -0.2) is 65.6 Å². The van der Waals surface area contributed by atoms with Gasteiger partial charge < -0.3 is 14.4 Å². The van der Waals surface area contributed by atoms with Crippen molar-refractivity contribution in [2.75, 3.05) is 44.9 Å². The molecule has 0 spiro atoms. The van der Waals surface area contributed by atoms with E-state index < -0.39 is 0 Å². The second-order valence-corrected chi connectivity index (χ2v) is 10.7. The zero-order chi connectivity index (χ0) is 27.1. The van der Waals surface area contributed by atoms with Gasteiger partial charge in [0.2, 0.25) is 0 Å². The van der Waals surface area contributed by atoms with Crippen molar-refractivity contribution < 1.29 is 19.1 Å². The Labute approximate surface area is 227 Å². The molecular formula is C26H34N4O5S2. The average molecular weight is 547 g/mol. The van der Waals surface area contributed by atoms with E-state index in [2.05, 4.69) is 6.07 Å². The first-order valence-electron chi connectivity index (χ1n) is 12.6. The Balaban J connectivity index is 2.18. The van der Waals surface area contributed by atoms with Crippen molar-refractivity contribution in [3.63, 3.8) is 0 Å². The van der Waals surface area contributed by atoms with Crippen molar-refractivity contribution in [3.05, 3.63) is 31.9 Å². The normalized spacial score (nSPS) is 19.0. The number of thioether (sulfide) groups is 1. The van der Waals surface area contributed by atoms with E-state index in [1.165, 1.54) is 16.7 Å². The minimum atomic E-state index is -0.355. The summed E-state index contributed by atoms with van der Waals surface area (Å²) in [5.74, 6) is -0.170. The molecule has 0 N–H and O–H groups in total. The molecule has 2 fully saturated rings. The molecule has 2 saturated heterocycles. The number of rotatable bonds is 10. The molecule has 2 aliphatic rings. The largest absolute Gasteiger partial charge is 0.466 e. The molecule has 1 atom stereocenters. The zero-order valence-electron chi connectivity index (χ0n) is 21.9. The number of amides is 1. The van der Waals surface area contributed by atoms with Gasteiger partial charge >= 0.3 is 5.97 Å². The number of unbranched alkanes of at least 4 members (excludes halogenated alkanes) is 1. The molecule has 0 bridgehead atoms. The third-order valence-corrected chi connectivity index (χ3v) is 7.97. The fourth-order valence-corrected chi connectivity index (χ4v) is 5.93. The van der Waals surface area contributed by atoms with Crippen LogP contribution in [0.3, 0.4) is 0 Å². The minimum absolute atomic E-state index is 0.0555. The second-order valence-electron chi connectivity index (χ2n) is 9.02. The number of piperidine rings is 1. The van der Waals surface area contributed by atoms with Crippen LogP contribution < -0.4 is 10.5 Å². The van der Waals surface area contributed by atoms with Crippen LogP contribution in [0.5, 0.6) is 0 Å². The maximum Gasteiger partial charge on any atom is 0.310 e. The molecule has 0 saturated carbocycles. The van der Waals surface area contributed by atoms with Gasteiger partial charge in [0.15, 0.2) is 0 Å². The van der Waals surface area contributed by atoms with E-state index in [0.717, 1.165) is 19.3 Å². The molecule has 11 heteroatoms. The van der Waals surface area contributed by atoms with E-state index in [0.29, 0.717) is 72.0 Å². The lowest BCUT2D eigenvalue weighted by Crippen LogP contribution is -2.43. The van der Waals surface area contributed by atoms with Crippen LogP contribution in [-0.2, 0) is 25.6 Å². The molecule has 0 aromatic carbocycles. The van der Waals surface area contributed by atoms with Gasteiger partial charge in [0.05, 0.1) is 30.6 Å². The summed E-state index contributed by atoms with van der Waals surface area (Å²) in [6, 6.07) is 2.08. The van der Waals surface area contributed by atoms with Gasteiger partial charge in [-0.2, -0.15) is 5.26 Å². The third kappa shape index (κ3) is 6.25. The number of nitriles is 1. The van der Waals surface area contributed by atoms with Crippen molar-refractivity contribution in [2.24, 2.45) is 5.92 Å². The highest BCUT2D eigenvalue weighted by atomic mass is 32.2. The molecule has 9 nitrogen and oxygen atoms in total. The number of thiocarbonyl (C=S) groups is 1. The number of carbonyl (C=O) groups excluding carboxylic acids is 2. The third-order valence-electron chi connectivity index (χ3n) is 6.59. The maximum atomic E-state index is 13.5. The smallest absolute Gasteiger partial charge is 0.310 e. The van der Waals surface area contributed by atoms with Crippen LogP contribution in [0.15, 0.2) is 9.70 Å². The highest BCUT2D eigenvalue weighted by molar-refractivity contribution is 8.26. The molecule has 2 aliphatic heterocycles. The Kier molecular flexibility index (Phi) is 10.3. The van der Waals surface area contributed by atoms with Crippen molar-refractivity contribution in [1.82, 2.24) is 9.47 Å². The van der Waals surface area contributed by atoms with Crippen LogP contribution in [0.4, 0.5) is 5.82 Å². The quantitative estimate of drug-likeness (QED) is 0.248. The summed E-state index contributed by atoms with van der Waals surface area (Å²) in [4.78, 5) is 43.2. The molecule has 1 amide bonds. The van der Waals surface area contributed by atoms with Crippen molar-refractivity contribution in [1.29, 1.82) is 5.26 Å². The summed E-state index contributed by atoms with van der Waals surface area (Å²) < 4.78 is 12.5. The molecule has 200 valence electrons. The first kappa shape index (κ1) is 28.9. The molecule has 1 aromatic heterocycles. The lowest BCUT2D eigenvalue weighted by molar-refractivity contribution is -0.148. The number of nitrogens with zero attached hydrogens (tertiary/aromatic N) is 4. The van der Waals surface area contributed by atoms with Crippen LogP contribution in [0, 0.1) is 24.2 Å². The number of pyridine rings is 1. The summed E-state index contributed by atoms with van der Waals surface area (Å²) in [6.07, 6.45) is 4.81. The van der Waals surface area contributed by atoms with Crippen LogP contribution in [0.1, 0.15) is 56.2 Å². The first-order chi connectivity index (χ1) is 17.8. The van der Waals surface area contributed by atoms with E-state index in [-0.39, 0.29) is 28.9 Å². The minimum Gasteiger partial charge on any atom is -0.466 e. The molecule has 1 unspecified atom stereocenters. The Morgan fingerprint density at radius 3 is 2.70 bits per heavy atom. The van der Waals surface area contributed by atoms with Crippen molar-refractivity contribution in [2.45, 2.75) is 53.0 Å². The Bertz CT molecular complexity index is 1190. The first-order valence-corrected chi connectivity index (χ1v) is 13.8. The monoisotopic (exact) mass is 546 g/mol. The maximum absolute atomic E-state index is 13.5. The Morgan fingerprint density at radius 1 is 1.30 bits per heavy atom. The topological polar surface area (TPSA) is 105 Å². The summed E-state index contributed by atoms with van der Waals surface area (Å²) >= 11 is 6.63. The molecular weight excluding hydrogens is 512 g/mol. The predicted molar refractivity (Wildman–Crippen MR) is 148 cm³/mol. The number of methoxy groups -OCH3 is 1. The number of ether oxygens (including phenoxy) is 2. The predicted octanol–water partition coefficient (Wildman–Crippen LogP) is 3.46. The van der Waals surface area contributed by atoms with E-state index in [1.807, 2.05) is 11.8 Å². The van der Waals surface area contributed by atoms with E-state index >= 15 is 0 Å². The number of esters is 1. The van der Waals surface area contributed by atoms with Gasteiger partial charge in [0.25, 0.3) is 11.5 Å². The summed E-state index contributed by atoms with van der Waals surface area (Å²) in [5.41, 5.74) is 0.839. The summed E-state index contributed by atoms with van der Waals surface area (Å²) in [5, 5.41) is 9.87. The SMILES string of the molecule is CCCCn1c(N2CCCC(C(=O)OCC)C2)c(C=C2SC(=S)N(CCOC)C2=O)c(C)c(C#N)c1=O. The summed E-state index contributed by atoms with van der Waals surface area (Å²) in [6.45, 7) is 8.02. The number of hydrogen-bond acceptors (Lipinski definition) is 9. The molecule has 1 aromatic rings. The van der Waals surface area contributed by atoms with Gasteiger partial charge in [-0.25, -0.2) is 0 Å². The lowest BCUT2D eigenvalue weighted by Gasteiger charge is -2.36. The highest BCUT2D eigenvalue weighted by Crippen LogP contribution is 2.37. The summed E-state index contributed by atoms with van der Waals surface area (Å²) in [7, 11) is 1.56. The molecule has 3 heterocycles. The number of aromatic nitrogens is 1. The number of anilines is 1. The number of hydrogen-bond donors (Lipinski definition) is 0. The van der Waals surface area contributed by atoms with Gasteiger partial charge in [-0.3, -0.25) is 23.9 Å². The lowest BCUT2D eigenvalue weighted by atomic mass is 9.96. The standard InChI is InChI=1S/C26H34N4O5S2/c1-5-7-11-29-22(28-10-8-9-18(16-28)25(33)35-6-2)19(17(3)20(15-27)23(29)31)14-21-24(32)30(12-13-34-4)26(36)37-21/h14,18H,5-13,16H2,1-4H3.